The summed E-state index contributed by atoms with van der Waals surface area (Å²) >= 11 is 1.52. The van der Waals surface area contributed by atoms with Gasteiger partial charge in [0.15, 0.2) is 0 Å². The fraction of sp³-hybridized carbons (Fsp3) is 0.357. The summed E-state index contributed by atoms with van der Waals surface area (Å²) in [4.78, 5) is 15.8. The first kappa shape index (κ1) is 14.5. The monoisotopic (exact) mass is 290 g/mol. The number of hydrazone groups is 1. The van der Waals surface area contributed by atoms with Crippen molar-refractivity contribution in [2.75, 3.05) is 10.7 Å². The number of nitrogens with zero attached hydrogens (tertiary/aromatic N) is 2. The van der Waals surface area contributed by atoms with E-state index in [4.69, 9.17) is 0 Å². The Bertz CT molecular complexity index is 648. The van der Waals surface area contributed by atoms with Crippen molar-refractivity contribution in [3.63, 3.8) is 0 Å². The molecule has 0 radical (unpaired) electrons. The number of benzene rings is 1. The molecule has 2 aromatic rings. The summed E-state index contributed by atoms with van der Waals surface area (Å²) in [5.74, 6) is 0.00962. The van der Waals surface area contributed by atoms with Crippen LogP contribution in [0.4, 0.5) is 10.8 Å². The topological polar surface area (TPSA) is 66.4 Å². The second kappa shape index (κ2) is 6.47. The van der Waals surface area contributed by atoms with Crippen LogP contribution in [-0.4, -0.2) is 16.6 Å². The number of fused-ring (bicyclic) bond motifs is 1. The van der Waals surface area contributed by atoms with Gasteiger partial charge in [-0.25, -0.2) is 4.98 Å². The van der Waals surface area contributed by atoms with Crippen LogP contribution in [0.1, 0.15) is 33.6 Å². The fourth-order valence-electron chi connectivity index (χ4n) is 1.52. The molecule has 5 nitrogen and oxygen atoms in total. The summed E-state index contributed by atoms with van der Waals surface area (Å²) in [6, 6.07) is 5.70. The van der Waals surface area contributed by atoms with Gasteiger partial charge in [0, 0.05) is 17.8 Å². The van der Waals surface area contributed by atoms with E-state index in [1.165, 1.54) is 11.3 Å². The summed E-state index contributed by atoms with van der Waals surface area (Å²) < 4.78 is 1.02. The zero-order valence-electron chi connectivity index (χ0n) is 11.9. The molecule has 20 heavy (non-hydrogen) atoms. The molecule has 0 aliphatic carbocycles. The highest BCUT2D eigenvalue weighted by molar-refractivity contribution is 7.22. The van der Waals surface area contributed by atoms with Gasteiger partial charge in [-0.1, -0.05) is 25.2 Å². The second-order valence-corrected chi connectivity index (χ2v) is 5.45. The third kappa shape index (κ3) is 3.54. The number of nitrogens with one attached hydrogen (secondary N) is 2. The van der Waals surface area contributed by atoms with E-state index >= 15 is 0 Å². The number of hydrogen-bond acceptors (Lipinski definition) is 5. The van der Waals surface area contributed by atoms with Gasteiger partial charge in [-0.05, 0) is 31.5 Å². The van der Waals surface area contributed by atoms with E-state index in [1.807, 2.05) is 32.0 Å². The van der Waals surface area contributed by atoms with Crippen LogP contribution in [0.15, 0.2) is 23.3 Å². The molecule has 0 aliphatic rings. The Morgan fingerprint density at radius 1 is 1.35 bits per heavy atom. The van der Waals surface area contributed by atoms with Crippen molar-refractivity contribution in [3.05, 3.63) is 18.2 Å². The molecule has 0 spiro atoms. The van der Waals surface area contributed by atoms with Crippen molar-refractivity contribution >= 4 is 44.0 Å². The summed E-state index contributed by atoms with van der Waals surface area (Å²) in [6.45, 7) is 5.86. The molecule has 1 amide bonds. The number of thiazole rings is 1. The van der Waals surface area contributed by atoms with Gasteiger partial charge in [0.05, 0.1) is 10.2 Å². The van der Waals surface area contributed by atoms with Crippen LogP contribution in [0.25, 0.3) is 10.2 Å². The van der Waals surface area contributed by atoms with E-state index in [2.05, 4.69) is 27.8 Å². The van der Waals surface area contributed by atoms with E-state index in [0.29, 0.717) is 6.42 Å². The van der Waals surface area contributed by atoms with Gasteiger partial charge in [0.25, 0.3) is 0 Å². The Morgan fingerprint density at radius 3 is 2.85 bits per heavy atom. The molecule has 1 aromatic carbocycles. The van der Waals surface area contributed by atoms with Gasteiger partial charge in [-0.3, -0.25) is 10.2 Å². The molecule has 0 saturated heterocycles. The standard InChI is InChI=1S/C14H18N4OS/c1-4-9(3)17-18-14-16-11-7-6-10(8-12(11)20-14)15-13(19)5-2/h6-8H,4-5H2,1-3H3,(H,15,19)(H,16,18)/b17-9-. The number of carbonyl (C=O) groups is 1. The molecule has 0 bridgehead atoms. The van der Waals surface area contributed by atoms with Crippen LogP contribution in [0.5, 0.6) is 0 Å². The van der Waals surface area contributed by atoms with Crippen LogP contribution < -0.4 is 10.7 Å². The molecule has 0 atom stereocenters. The summed E-state index contributed by atoms with van der Waals surface area (Å²) in [5.41, 5.74) is 5.69. The maximum absolute atomic E-state index is 11.4. The minimum Gasteiger partial charge on any atom is -0.326 e. The number of carbonyl (C=O) groups excluding carboxylic acids is 1. The molecule has 2 rings (SSSR count). The Balaban J connectivity index is 2.19. The highest BCUT2D eigenvalue weighted by atomic mass is 32.1. The lowest BCUT2D eigenvalue weighted by molar-refractivity contribution is -0.115. The normalized spacial score (nSPS) is 11.7. The largest absolute Gasteiger partial charge is 0.326 e. The molecule has 1 aromatic heterocycles. The lowest BCUT2D eigenvalue weighted by Gasteiger charge is -2.02. The fourth-order valence-corrected chi connectivity index (χ4v) is 2.37. The zero-order chi connectivity index (χ0) is 14.5. The Hall–Kier alpha value is -1.95. The van der Waals surface area contributed by atoms with Crippen molar-refractivity contribution in [2.24, 2.45) is 5.10 Å². The van der Waals surface area contributed by atoms with Crippen molar-refractivity contribution < 1.29 is 4.79 Å². The lowest BCUT2D eigenvalue weighted by Crippen LogP contribution is -2.08. The van der Waals surface area contributed by atoms with Crippen molar-refractivity contribution in [1.29, 1.82) is 0 Å². The molecular formula is C14H18N4OS. The van der Waals surface area contributed by atoms with Gasteiger partial charge in [0.1, 0.15) is 0 Å². The molecule has 6 heteroatoms. The molecular weight excluding hydrogens is 272 g/mol. The first-order chi connectivity index (χ1) is 9.62. The second-order valence-electron chi connectivity index (χ2n) is 4.42. The Kier molecular flexibility index (Phi) is 4.68. The van der Waals surface area contributed by atoms with Gasteiger partial charge in [-0.15, -0.1) is 0 Å². The first-order valence-electron chi connectivity index (χ1n) is 6.62. The zero-order valence-corrected chi connectivity index (χ0v) is 12.7. The maximum Gasteiger partial charge on any atom is 0.224 e. The van der Waals surface area contributed by atoms with Crippen LogP contribution in [0.3, 0.4) is 0 Å². The molecule has 1 heterocycles. The summed E-state index contributed by atoms with van der Waals surface area (Å²) in [7, 11) is 0. The first-order valence-corrected chi connectivity index (χ1v) is 7.43. The average Bonchev–Trinajstić information content (AvgIpc) is 2.86. The molecule has 0 saturated carbocycles. The summed E-state index contributed by atoms with van der Waals surface area (Å²) in [5, 5.41) is 7.84. The highest BCUT2D eigenvalue weighted by Gasteiger charge is 2.05. The highest BCUT2D eigenvalue weighted by Crippen LogP contribution is 2.28. The van der Waals surface area contributed by atoms with Crippen LogP contribution in [0.2, 0.25) is 0 Å². The minimum atomic E-state index is 0.00962. The van der Waals surface area contributed by atoms with Gasteiger partial charge in [0.2, 0.25) is 11.0 Å². The third-order valence-corrected chi connectivity index (χ3v) is 3.77. The quantitative estimate of drug-likeness (QED) is 0.649. The van der Waals surface area contributed by atoms with E-state index < -0.39 is 0 Å². The van der Waals surface area contributed by atoms with E-state index in [9.17, 15) is 4.79 Å². The van der Waals surface area contributed by atoms with Gasteiger partial charge < -0.3 is 5.32 Å². The smallest absolute Gasteiger partial charge is 0.224 e. The number of rotatable bonds is 5. The predicted octanol–water partition coefficient (Wildman–Crippen LogP) is 3.84. The number of aromatic nitrogens is 1. The van der Waals surface area contributed by atoms with Crippen molar-refractivity contribution in [1.82, 2.24) is 4.98 Å². The lowest BCUT2D eigenvalue weighted by atomic mass is 10.3. The SMILES string of the molecule is CCC(=O)Nc1ccc2nc(N/N=C(/C)CC)sc2c1. The molecule has 106 valence electrons. The van der Waals surface area contributed by atoms with Crippen LogP contribution >= 0.6 is 11.3 Å². The minimum absolute atomic E-state index is 0.00962. The van der Waals surface area contributed by atoms with Gasteiger partial charge >= 0.3 is 0 Å². The maximum atomic E-state index is 11.4. The van der Waals surface area contributed by atoms with Crippen molar-refractivity contribution in [2.45, 2.75) is 33.6 Å². The molecule has 2 N–H and O–H groups in total. The molecule has 0 fully saturated rings. The van der Waals surface area contributed by atoms with Crippen LogP contribution in [-0.2, 0) is 4.79 Å². The van der Waals surface area contributed by atoms with E-state index in [0.717, 1.165) is 33.2 Å². The van der Waals surface area contributed by atoms with E-state index in [-0.39, 0.29) is 5.91 Å². The Morgan fingerprint density at radius 2 is 2.15 bits per heavy atom. The van der Waals surface area contributed by atoms with Gasteiger partial charge in [-0.2, -0.15) is 5.10 Å². The van der Waals surface area contributed by atoms with Crippen LogP contribution in [0, 0.1) is 0 Å². The molecule has 0 aliphatic heterocycles. The number of amides is 1. The van der Waals surface area contributed by atoms with Crippen molar-refractivity contribution in [3.8, 4) is 0 Å². The average molecular weight is 290 g/mol. The third-order valence-electron chi connectivity index (χ3n) is 2.85. The number of anilines is 2. The number of hydrogen-bond donors (Lipinski definition) is 2. The predicted molar refractivity (Wildman–Crippen MR) is 85.6 cm³/mol. The molecule has 0 unspecified atom stereocenters. The Labute approximate surface area is 122 Å². The summed E-state index contributed by atoms with van der Waals surface area (Å²) in [6.07, 6.45) is 1.38. The van der Waals surface area contributed by atoms with E-state index in [1.54, 1.807) is 0 Å².